The first-order valence-electron chi connectivity index (χ1n) is 8.86. The van der Waals surface area contributed by atoms with Gasteiger partial charge in [-0.15, -0.1) is 0 Å². The highest BCUT2D eigenvalue weighted by Crippen LogP contribution is 2.63. The first kappa shape index (κ1) is 14.8. The van der Waals surface area contributed by atoms with Gasteiger partial charge in [-0.1, -0.05) is 31.4 Å². The molecule has 0 spiro atoms. The van der Waals surface area contributed by atoms with E-state index < -0.39 is 5.79 Å². The molecular weight excluding hydrogens is 276 g/mol. The number of allylic oxidation sites excluding steroid dienone is 3. The molecule has 3 N–H and O–H groups in total. The topological polar surface area (TPSA) is 60.7 Å². The molecule has 1 unspecified atom stereocenters. The lowest BCUT2D eigenvalue weighted by atomic mass is 9.53. The average Bonchev–Trinajstić information content (AvgIpc) is 2.82. The molecule has 0 aromatic heterocycles. The van der Waals surface area contributed by atoms with Crippen LogP contribution in [0.1, 0.15) is 65.2 Å². The predicted octanol–water partition coefficient (Wildman–Crippen LogP) is 3.83. The third-order valence-corrected chi connectivity index (χ3v) is 7.47. The summed E-state index contributed by atoms with van der Waals surface area (Å²) in [7, 11) is 0. The molecule has 1 saturated carbocycles. The van der Waals surface area contributed by atoms with Gasteiger partial charge in [-0.25, -0.2) is 0 Å². The maximum absolute atomic E-state index is 10.1. The van der Waals surface area contributed by atoms with Crippen LogP contribution in [0, 0.1) is 22.7 Å². The SMILES string of the molecule is C[C@@]12CCC[C@H]1C1=C(CC2)[C@@]2(C)C=C(O)C(O)(O)CC2CC1. The maximum atomic E-state index is 10.1. The Hall–Kier alpha value is -0.800. The van der Waals surface area contributed by atoms with Gasteiger partial charge >= 0.3 is 0 Å². The lowest BCUT2D eigenvalue weighted by Crippen LogP contribution is -2.47. The van der Waals surface area contributed by atoms with E-state index in [4.69, 9.17) is 0 Å². The fourth-order valence-electron chi connectivity index (χ4n) is 6.09. The Morgan fingerprint density at radius 3 is 2.64 bits per heavy atom. The Kier molecular flexibility index (Phi) is 2.95. The molecule has 0 aromatic carbocycles. The lowest BCUT2D eigenvalue weighted by molar-refractivity contribution is -0.179. The van der Waals surface area contributed by atoms with Gasteiger partial charge in [-0.3, -0.25) is 0 Å². The van der Waals surface area contributed by atoms with E-state index in [0.29, 0.717) is 5.41 Å². The molecule has 1 fully saturated rings. The van der Waals surface area contributed by atoms with Gasteiger partial charge in [0, 0.05) is 11.8 Å². The van der Waals surface area contributed by atoms with Crippen molar-refractivity contribution in [3.63, 3.8) is 0 Å². The van der Waals surface area contributed by atoms with Crippen LogP contribution in [0.2, 0.25) is 0 Å². The molecule has 0 heterocycles. The van der Waals surface area contributed by atoms with Crippen LogP contribution in [-0.2, 0) is 0 Å². The molecule has 0 amide bonds. The summed E-state index contributed by atoms with van der Waals surface area (Å²) in [6, 6.07) is 0. The summed E-state index contributed by atoms with van der Waals surface area (Å²) < 4.78 is 0. The fraction of sp³-hybridized carbons (Fsp3) is 0.789. The molecule has 4 rings (SSSR count). The number of hydrogen-bond acceptors (Lipinski definition) is 3. The zero-order valence-electron chi connectivity index (χ0n) is 13.7. The normalized spacial score (nSPS) is 46.6. The summed E-state index contributed by atoms with van der Waals surface area (Å²) in [4.78, 5) is 0. The molecule has 0 radical (unpaired) electrons. The highest BCUT2D eigenvalue weighted by Gasteiger charge is 2.54. The van der Waals surface area contributed by atoms with E-state index >= 15 is 0 Å². The Labute approximate surface area is 132 Å². The van der Waals surface area contributed by atoms with Gasteiger partial charge in [0.05, 0.1) is 0 Å². The molecule has 3 nitrogen and oxygen atoms in total. The largest absolute Gasteiger partial charge is 0.507 e. The van der Waals surface area contributed by atoms with Gasteiger partial charge in [0.15, 0.2) is 0 Å². The standard InChI is InChI=1S/C19H28O3/c1-17-8-3-4-14(17)13-6-5-12-10-19(21,22)16(20)11-18(12,2)15(13)7-9-17/h11-12,14,20-22H,3-10H2,1-2H3/t12?,14-,17-,18-/m0/s1. The van der Waals surface area contributed by atoms with Crippen LogP contribution in [0.25, 0.3) is 0 Å². The first-order chi connectivity index (χ1) is 10.3. The van der Waals surface area contributed by atoms with E-state index in [9.17, 15) is 15.3 Å². The van der Waals surface area contributed by atoms with Crippen molar-refractivity contribution in [2.24, 2.45) is 22.7 Å². The van der Waals surface area contributed by atoms with Crippen LogP contribution in [0.4, 0.5) is 0 Å². The van der Waals surface area contributed by atoms with Gasteiger partial charge in [0.2, 0.25) is 5.79 Å². The molecule has 4 atom stereocenters. The van der Waals surface area contributed by atoms with Crippen molar-refractivity contribution in [1.29, 1.82) is 0 Å². The highest BCUT2D eigenvalue weighted by atomic mass is 16.5. The third-order valence-electron chi connectivity index (χ3n) is 7.47. The zero-order chi connectivity index (χ0) is 15.8. The van der Waals surface area contributed by atoms with Gasteiger partial charge in [-0.05, 0) is 61.9 Å². The third kappa shape index (κ3) is 1.81. The van der Waals surface area contributed by atoms with Crippen molar-refractivity contribution >= 4 is 0 Å². The number of aliphatic hydroxyl groups excluding tert-OH is 1. The van der Waals surface area contributed by atoms with Crippen LogP contribution in [0.15, 0.2) is 23.0 Å². The Balaban J connectivity index is 1.81. The lowest BCUT2D eigenvalue weighted by Gasteiger charge is -2.53. The van der Waals surface area contributed by atoms with Gasteiger partial charge in [0.1, 0.15) is 5.76 Å². The smallest absolute Gasteiger partial charge is 0.222 e. The number of hydrogen-bond donors (Lipinski definition) is 3. The van der Waals surface area contributed by atoms with Gasteiger partial charge < -0.3 is 15.3 Å². The second-order valence-electron chi connectivity index (χ2n) is 8.67. The number of rotatable bonds is 0. The predicted molar refractivity (Wildman–Crippen MR) is 85.0 cm³/mol. The molecule has 4 aliphatic carbocycles. The molecule has 4 aliphatic rings. The van der Waals surface area contributed by atoms with Crippen LogP contribution in [0.3, 0.4) is 0 Å². The van der Waals surface area contributed by atoms with Crippen LogP contribution in [0.5, 0.6) is 0 Å². The average molecular weight is 304 g/mol. The van der Waals surface area contributed by atoms with Gasteiger partial charge in [-0.2, -0.15) is 0 Å². The van der Waals surface area contributed by atoms with E-state index in [2.05, 4.69) is 13.8 Å². The number of fused-ring (bicyclic) bond motifs is 4. The van der Waals surface area contributed by atoms with Crippen LogP contribution >= 0.6 is 0 Å². The fourth-order valence-corrected chi connectivity index (χ4v) is 6.09. The summed E-state index contributed by atoms with van der Waals surface area (Å²) in [5, 5.41) is 30.1. The second-order valence-corrected chi connectivity index (χ2v) is 8.67. The molecule has 122 valence electrons. The summed E-state index contributed by atoms with van der Waals surface area (Å²) in [6.07, 6.45) is 10.5. The minimum atomic E-state index is -2.03. The van der Waals surface area contributed by atoms with E-state index in [1.54, 1.807) is 11.6 Å². The molecule has 0 saturated heterocycles. The summed E-state index contributed by atoms with van der Waals surface area (Å²) >= 11 is 0. The van der Waals surface area contributed by atoms with E-state index in [0.717, 1.165) is 25.2 Å². The molecule has 3 heteroatoms. The maximum Gasteiger partial charge on any atom is 0.222 e. The molecule has 0 bridgehead atoms. The van der Waals surface area contributed by atoms with E-state index in [1.807, 2.05) is 0 Å². The summed E-state index contributed by atoms with van der Waals surface area (Å²) in [5.74, 6) is -1.33. The van der Waals surface area contributed by atoms with Crippen molar-refractivity contribution in [3.05, 3.63) is 23.0 Å². The minimum Gasteiger partial charge on any atom is -0.507 e. The van der Waals surface area contributed by atoms with E-state index in [-0.39, 0.29) is 23.5 Å². The number of aliphatic hydroxyl groups is 3. The molecule has 22 heavy (non-hydrogen) atoms. The van der Waals surface area contributed by atoms with Crippen molar-refractivity contribution in [2.45, 2.75) is 71.0 Å². The minimum absolute atomic E-state index is 0.184. The van der Waals surface area contributed by atoms with E-state index in [1.165, 1.54) is 31.3 Å². The van der Waals surface area contributed by atoms with Crippen molar-refractivity contribution in [1.82, 2.24) is 0 Å². The Bertz CT molecular complexity index is 573. The van der Waals surface area contributed by atoms with Crippen LogP contribution < -0.4 is 0 Å². The molecule has 0 aliphatic heterocycles. The van der Waals surface area contributed by atoms with Crippen LogP contribution in [-0.4, -0.2) is 21.1 Å². The zero-order valence-corrected chi connectivity index (χ0v) is 13.7. The van der Waals surface area contributed by atoms with Crippen molar-refractivity contribution in [2.75, 3.05) is 0 Å². The first-order valence-corrected chi connectivity index (χ1v) is 8.86. The molecule has 0 aromatic rings. The Morgan fingerprint density at radius 2 is 1.86 bits per heavy atom. The highest BCUT2D eigenvalue weighted by molar-refractivity contribution is 5.39. The molecular formula is C19H28O3. The Morgan fingerprint density at radius 1 is 1.09 bits per heavy atom. The van der Waals surface area contributed by atoms with Crippen molar-refractivity contribution < 1.29 is 15.3 Å². The van der Waals surface area contributed by atoms with Gasteiger partial charge in [0.25, 0.3) is 0 Å². The summed E-state index contributed by atoms with van der Waals surface area (Å²) in [5.41, 5.74) is 3.46. The monoisotopic (exact) mass is 304 g/mol. The second kappa shape index (κ2) is 4.39. The quantitative estimate of drug-likeness (QED) is 0.471. The van der Waals surface area contributed by atoms with Crippen molar-refractivity contribution in [3.8, 4) is 0 Å². The summed E-state index contributed by atoms with van der Waals surface area (Å²) in [6.45, 7) is 4.67.